The Morgan fingerprint density at radius 1 is 1.13 bits per heavy atom. The predicted octanol–water partition coefficient (Wildman–Crippen LogP) is 1.46. The molecule has 0 saturated carbocycles. The molecule has 1 amide bonds. The van der Waals surface area contributed by atoms with Gasteiger partial charge in [0.15, 0.2) is 0 Å². The molecule has 5 rings (SSSR count). The number of nitrogens with zero attached hydrogens (tertiary/aromatic N) is 4. The molecule has 2 saturated heterocycles. The highest BCUT2D eigenvalue weighted by molar-refractivity contribution is 5.93. The van der Waals surface area contributed by atoms with Crippen LogP contribution >= 0.6 is 0 Å². The Kier molecular flexibility index (Phi) is 5.04. The zero-order valence-electron chi connectivity index (χ0n) is 17.3. The van der Waals surface area contributed by atoms with E-state index in [2.05, 4.69) is 14.9 Å². The van der Waals surface area contributed by atoms with Crippen LogP contribution in [0.25, 0.3) is 0 Å². The predicted molar refractivity (Wildman–Crippen MR) is 110 cm³/mol. The van der Waals surface area contributed by atoms with E-state index in [0.717, 1.165) is 24.5 Å². The molecule has 5 heterocycles. The molecule has 2 fully saturated rings. The Hall–Kier alpha value is -2.71. The number of amides is 1. The van der Waals surface area contributed by atoms with E-state index < -0.39 is 0 Å². The molecule has 158 valence electrons. The Morgan fingerprint density at radius 2 is 1.90 bits per heavy atom. The van der Waals surface area contributed by atoms with Gasteiger partial charge in [0.05, 0.1) is 19.4 Å². The average molecular weight is 410 g/mol. The largest absolute Gasteiger partial charge is 0.484 e. The maximum atomic E-state index is 13.0. The molecule has 3 aliphatic rings. The minimum Gasteiger partial charge on any atom is -0.484 e. The number of carbonyl (C=O) groups is 1. The van der Waals surface area contributed by atoms with Gasteiger partial charge < -0.3 is 24.0 Å². The van der Waals surface area contributed by atoms with Gasteiger partial charge >= 0.3 is 0 Å². The molecule has 0 radical (unpaired) electrons. The van der Waals surface area contributed by atoms with Gasteiger partial charge in [0.1, 0.15) is 35.6 Å². The monoisotopic (exact) mass is 410 g/mol. The molecule has 0 aromatic carbocycles. The Morgan fingerprint density at radius 3 is 2.60 bits per heavy atom. The topological polar surface area (TPSA) is 77.0 Å². The molecular formula is C22H26N4O4. The summed E-state index contributed by atoms with van der Waals surface area (Å²) in [4.78, 5) is 25.7. The summed E-state index contributed by atoms with van der Waals surface area (Å²) in [5.41, 5.74) is 2.62. The molecule has 0 aliphatic carbocycles. The first-order valence-electron chi connectivity index (χ1n) is 10.4. The third-order valence-electron chi connectivity index (χ3n) is 5.94. The summed E-state index contributed by atoms with van der Waals surface area (Å²) in [5.74, 6) is 1.54. The number of likely N-dealkylation sites (tertiary alicyclic amines) is 1. The van der Waals surface area contributed by atoms with Crippen molar-refractivity contribution in [1.82, 2.24) is 14.9 Å². The Labute approximate surface area is 175 Å². The summed E-state index contributed by atoms with van der Waals surface area (Å²) in [5, 5.41) is 0. The van der Waals surface area contributed by atoms with Crippen LogP contribution in [0, 0.1) is 6.92 Å². The summed E-state index contributed by atoms with van der Waals surface area (Å²) in [6.07, 6.45) is 2.18. The lowest BCUT2D eigenvalue weighted by atomic mass is 10.2. The molecule has 0 unspecified atom stereocenters. The molecule has 2 atom stereocenters. The van der Waals surface area contributed by atoms with Crippen molar-refractivity contribution in [2.24, 2.45) is 0 Å². The fraction of sp³-hybridized carbons (Fsp3) is 0.500. The van der Waals surface area contributed by atoms with E-state index in [1.807, 2.05) is 38.2 Å². The minimum atomic E-state index is -0.196. The molecule has 2 aromatic rings. The molecule has 0 N–H and O–H groups in total. The molecule has 0 bridgehead atoms. The quantitative estimate of drug-likeness (QED) is 0.758. The van der Waals surface area contributed by atoms with Gasteiger partial charge in [-0.25, -0.2) is 4.98 Å². The number of hydrogen-bond acceptors (Lipinski definition) is 7. The number of ether oxygens (including phenoxy) is 3. The highest BCUT2D eigenvalue weighted by Crippen LogP contribution is 2.27. The van der Waals surface area contributed by atoms with E-state index in [1.54, 1.807) is 11.1 Å². The summed E-state index contributed by atoms with van der Waals surface area (Å²) in [7, 11) is 2.01. The van der Waals surface area contributed by atoms with Gasteiger partial charge in [0.25, 0.3) is 5.91 Å². The van der Waals surface area contributed by atoms with Crippen molar-refractivity contribution in [1.29, 1.82) is 0 Å². The summed E-state index contributed by atoms with van der Waals surface area (Å²) in [6, 6.07) is 7.66. The fourth-order valence-electron chi connectivity index (χ4n) is 4.20. The molecule has 8 heteroatoms. The van der Waals surface area contributed by atoms with Crippen LogP contribution in [0.2, 0.25) is 0 Å². The first kappa shape index (κ1) is 19.3. The van der Waals surface area contributed by atoms with Gasteiger partial charge in [0.2, 0.25) is 0 Å². The molecule has 2 aromatic heterocycles. The number of pyridine rings is 2. The van der Waals surface area contributed by atoms with Crippen molar-refractivity contribution in [3.63, 3.8) is 0 Å². The molecule has 0 spiro atoms. The van der Waals surface area contributed by atoms with Crippen LogP contribution in [-0.2, 0) is 15.9 Å². The van der Waals surface area contributed by atoms with Crippen LogP contribution in [-0.4, -0.2) is 79.0 Å². The maximum absolute atomic E-state index is 13.0. The van der Waals surface area contributed by atoms with Crippen molar-refractivity contribution < 1.29 is 19.0 Å². The number of likely N-dealkylation sites (N-methyl/N-ethyl adjacent to an activating group) is 1. The number of hydrogen-bond donors (Lipinski definition) is 0. The lowest BCUT2D eigenvalue weighted by Crippen LogP contribution is -2.33. The van der Waals surface area contributed by atoms with E-state index in [4.69, 9.17) is 14.2 Å². The molecular weight excluding hydrogens is 384 g/mol. The number of aryl methyl sites for hydroxylation is 1. The first-order valence-corrected chi connectivity index (χ1v) is 10.4. The smallest absolute Gasteiger partial charge is 0.272 e. The molecule has 30 heavy (non-hydrogen) atoms. The number of fused-ring (bicyclic) bond motifs is 2. The van der Waals surface area contributed by atoms with E-state index in [1.165, 1.54) is 5.56 Å². The lowest BCUT2D eigenvalue weighted by Gasteiger charge is -2.20. The lowest BCUT2D eigenvalue weighted by molar-refractivity contribution is -0.00461. The van der Waals surface area contributed by atoms with Crippen LogP contribution in [0.3, 0.4) is 0 Å². The van der Waals surface area contributed by atoms with Crippen LogP contribution in [0.15, 0.2) is 30.5 Å². The minimum absolute atomic E-state index is 0.0723. The molecule has 8 nitrogen and oxygen atoms in total. The molecule has 3 aliphatic heterocycles. The van der Waals surface area contributed by atoms with Crippen LogP contribution in [0.4, 0.5) is 5.82 Å². The fourth-order valence-corrected chi connectivity index (χ4v) is 4.20. The Balaban J connectivity index is 1.20. The summed E-state index contributed by atoms with van der Waals surface area (Å²) in [6.45, 7) is 4.70. The summed E-state index contributed by atoms with van der Waals surface area (Å²) >= 11 is 0. The third-order valence-corrected chi connectivity index (χ3v) is 5.94. The second-order valence-electron chi connectivity index (χ2n) is 8.18. The zero-order valence-corrected chi connectivity index (χ0v) is 17.3. The van der Waals surface area contributed by atoms with Gasteiger partial charge in [-0.3, -0.25) is 9.78 Å². The van der Waals surface area contributed by atoms with Gasteiger partial charge in [-0.1, -0.05) is 6.07 Å². The van der Waals surface area contributed by atoms with Gasteiger partial charge in [-0.15, -0.1) is 0 Å². The average Bonchev–Trinajstić information content (AvgIpc) is 3.29. The van der Waals surface area contributed by atoms with Crippen molar-refractivity contribution in [3.05, 3.63) is 47.4 Å². The van der Waals surface area contributed by atoms with Crippen molar-refractivity contribution in [2.75, 3.05) is 44.8 Å². The first-order chi connectivity index (χ1) is 14.6. The van der Waals surface area contributed by atoms with E-state index in [-0.39, 0.29) is 24.2 Å². The van der Waals surface area contributed by atoms with Gasteiger partial charge in [-0.2, -0.15) is 0 Å². The number of aromatic nitrogens is 2. The number of rotatable bonds is 3. The standard InChI is InChI=1S/C22H26N4O4/c1-14-3-5-16(9-23-14)30-17-12-28-19-10-26(11-20(19)29-13-17)22(27)18-6-4-15-7-8-25(2)21(15)24-18/h3-6,9,17,19-20H,7-8,10-13H2,1-2H3/t19-,20-/m0/s1. The normalized spacial score (nSPS) is 23.8. The maximum Gasteiger partial charge on any atom is 0.272 e. The van der Waals surface area contributed by atoms with Crippen molar-refractivity contribution in [2.45, 2.75) is 31.7 Å². The van der Waals surface area contributed by atoms with Crippen molar-refractivity contribution >= 4 is 11.7 Å². The SMILES string of the molecule is Cc1ccc(OC2CO[C@H]3CN(C(=O)c4ccc5c(n4)N(C)CC5)C[C@@H]3OC2)cn1. The van der Waals surface area contributed by atoms with Gasteiger partial charge in [-0.05, 0) is 37.1 Å². The van der Waals surface area contributed by atoms with Crippen LogP contribution in [0.1, 0.15) is 21.7 Å². The second-order valence-corrected chi connectivity index (χ2v) is 8.18. The van der Waals surface area contributed by atoms with E-state index >= 15 is 0 Å². The third kappa shape index (κ3) is 3.73. The van der Waals surface area contributed by atoms with Crippen LogP contribution < -0.4 is 9.64 Å². The van der Waals surface area contributed by atoms with E-state index in [0.29, 0.717) is 37.7 Å². The second kappa shape index (κ2) is 7.85. The van der Waals surface area contributed by atoms with Crippen molar-refractivity contribution in [3.8, 4) is 5.75 Å². The Bertz CT molecular complexity index is 919. The summed E-state index contributed by atoms with van der Waals surface area (Å²) < 4.78 is 18.0. The van der Waals surface area contributed by atoms with Gasteiger partial charge in [0, 0.05) is 32.4 Å². The van der Waals surface area contributed by atoms with Crippen LogP contribution in [0.5, 0.6) is 5.75 Å². The number of carbonyl (C=O) groups excluding carboxylic acids is 1. The van der Waals surface area contributed by atoms with E-state index in [9.17, 15) is 4.79 Å². The highest BCUT2D eigenvalue weighted by atomic mass is 16.6. The number of anilines is 1. The highest BCUT2D eigenvalue weighted by Gasteiger charge is 2.40. The zero-order chi connectivity index (χ0) is 20.7.